The van der Waals surface area contributed by atoms with E-state index in [9.17, 15) is 0 Å². The summed E-state index contributed by atoms with van der Waals surface area (Å²) in [6.07, 6.45) is 0. The van der Waals surface area contributed by atoms with Crippen molar-refractivity contribution < 1.29 is 0 Å². The van der Waals surface area contributed by atoms with Gasteiger partial charge < -0.3 is 0 Å². The van der Waals surface area contributed by atoms with Crippen LogP contribution >= 0.6 is 34.9 Å². The van der Waals surface area contributed by atoms with Crippen molar-refractivity contribution in [3.05, 3.63) is 21.0 Å². The molecule has 0 atom stereocenters. The van der Waals surface area contributed by atoms with Crippen molar-refractivity contribution in [1.82, 2.24) is 10.2 Å². The summed E-state index contributed by atoms with van der Waals surface area (Å²) in [5.74, 6) is 0. The molecule has 12 heavy (non-hydrogen) atoms. The topological polar surface area (TPSA) is 28.7 Å². The highest BCUT2D eigenvalue weighted by Gasteiger charge is 2.05. The van der Waals surface area contributed by atoms with E-state index in [1.807, 2.05) is 0 Å². The van der Waals surface area contributed by atoms with Crippen molar-refractivity contribution in [2.24, 2.45) is 0 Å². The molecule has 5 heteroatoms. The minimum Gasteiger partial charge on any atom is -0.258 e. The summed E-state index contributed by atoms with van der Waals surface area (Å²) >= 11 is 8.17. The molecule has 0 aliphatic heterocycles. The summed E-state index contributed by atoms with van der Waals surface area (Å²) in [6, 6.07) is 2.09. The van der Waals surface area contributed by atoms with Crippen LogP contribution in [0.2, 0.25) is 0 Å². The Kier molecular flexibility index (Phi) is 2.08. The van der Waals surface area contributed by atoms with Gasteiger partial charge in [0.25, 0.3) is 0 Å². The van der Waals surface area contributed by atoms with Crippen molar-refractivity contribution in [3.63, 3.8) is 0 Å². The molecule has 2 aromatic rings. The summed E-state index contributed by atoms with van der Waals surface area (Å²) in [6.45, 7) is 2.08. The van der Waals surface area contributed by atoms with Crippen LogP contribution in [0.15, 0.2) is 11.4 Å². The third-order valence-corrected chi connectivity index (χ3v) is 3.75. The molecule has 0 aromatic carbocycles. The van der Waals surface area contributed by atoms with Crippen LogP contribution in [-0.4, -0.2) is 10.2 Å². The Morgan fingerprint density at radius 3 is 2.92 bits per heavy atom. The van der Waals surface area contributed by atoms with Crippen molar-refractivity contribution >= 4 is 34.9 Å². The van der Waals surface area contributed by atoms with Gasteiger partial charge in [0, 0.05) is 0 Å². The quantitative estimate of drug-likeness (QED) is 0.738. The molecule has 0 saturated heterocycles. The van der Waals surface area contributed by atoms with Crippen LogP contribution in [0.5, 0.6) is 0 Å². The largest absolute Gasteiger partial charge is 0.258 e. The number of nitrogens with one attached hydrogen (secondary N) is 1. The van der Waals surface area contributed by atoms with Gasteiger partial charge in [0.05, 0.1) is 4.88 Å². The van der Waals surface area contributed by atoms with Gasteiger partial charge in [0.1, 0.15) is 0 Å². The standard InChI is InChI=1S/C7H6N2S3/c1-4-2-3-11-5(4)6-8-9-7(10)12-6/h2-3H,1H3,(H,9,10). The first-order valence-corrected chi connectivity index (χ1v) is 5.48. The van der Waals surface area contributed by atoms with E-state index in [0.29, 0.717) is 0 Å². The molecule has 0 aliphatic carbocycles. The number of thiophene rings is 1. The smallest absolute Gasteiger partial charge is 0.176 e. The number of hydrogen-bond donors (Lipinski definition) is 1. The first kappa shape index (κ1) is 8.10. The zero-order valence-electron chi connectivity index (χ0n) is 6.33. The molecule has 62 valence electrons. The molecule has 2 nitrogen and oxygen atoms in total. The second-order valence-corrected chi connectivity index (χ2v) is 4.93. The average molecular weight is 214 g/mol. The Morgan fingerprint density at radius 2 is 2.42 bits per heavy atom. The molecule has 1 N–H and O–H groups in total. The Balaban J connectivity index is 2.57. The lowest BCUT2D eigenvalue weighted by molar-refractivity contribution is 1.08. The molecule has 0 unspecified atom stereocenters. The number of aromatic nitrogens is 2. The average Bonchev–Trinajstić information content (AvgIpc) is 2.58. The summed E-state index contributed by atoms with van der Waals surface area (Å²) in [5.41, 5.74) is 1.26. The van der Waals surface area contributed by atoms with E-state index in [-0.39, 0.29) is 0 Å². The first-order chi connectivity index (χ1) is 5.77. The van der Waals surface area contributed by atoms with Crippen LogP contribution in [0, 0.1) is 10.9 Å². The number of hydrogen-bond acceptors (Lipinski definition) is 4. The molecule has 0 radical (unpaired) electrons. The minimum absolute atomic E-state index is 0.734. The van der Waals surface area contributed by atoms with Crippen LogP contribution in [-0.2, 0) is 0 Å². The molecule has 2 heterocycles. The lowest BCUT2D eigenvalue weighted by atomic mass is 10.3. The van der Waals surface area contributed by atoms with Gasteiger partial charge >= 0.3 is 0 Å². The van der Waals surface area contributed by atoms with E-state index in [1.165, 1.54) is 21.8 Å². The predicted octanol–water partition coefficient (Wildman–Crippen LogP) is 3.24. The van der Waals surface area contributed by atoms with E-state index in [0.717, 1.165) is 8.96 Å². The minimum atomic E-state index is 0.734. The Hall–Kier alpha value is -0.520. The molecule has 0 fully saturated rings. The van der Waals surface area contributed by atoms with Gasteiger partial charge in [-0.1, -0.05) is 11.3 Å². The highest BCUT2D eigenvalue weighted by Crippen LogP contribution is 2.29. The fourth-order valence-corrected chi connectivity index (χ4v) is 2.89. The highest BCUT2D eigenvalue weighted by molar-refractivity contribution is 7.73. The normalized spacial score (nSPS) is 10.4. The summed E-state index contributed by atoms with van der Waals surface area (Å²) in [4.78, 5) is 1.22. The van der Waals surface area contributed by atoms with Crippen LogP contribution in [0.25, 0.3) is 9.88 Å². The fourth-order valence-electron chi connectivity index (χ4n) is 0.919. The maximum atomic E-state index is 4.96. The predicted molar refractivity (Wildman–Crippen MR) is 55.3 cm³/mol. The van der Waals surface area contributed by atoms with E-state index >= 15 is 0 Å². The van der Waals surface area contributed by atoms with Crippen molar-refractivity contribution in [3.8, 4) is 9.88 Å². The van der Waals surface area contributed by atoms with Gasteiger partial charge in [-0.3, -0.25) is 5.10 Å². The SMILES string of the molecule is Cc1ccsc1-c1n[nH]c(=S)s1. The number of aryl methyl sites for hydroxylation is 1. The summed E-state index contributed by atoms with van der Waals surface area (Å²) < 4.78 is 0.734. The molecule has 2 rings (SSSR count). The maximum absolute atomic E-state index is 4.96. The zero-order valence-corrected chi connectivity index (χ0v) is 8.78. The second-order valence-electron chi connectivity index (χ2n) is 2.35. The van der Waals surface area contributed by atoms with Gasteiger partial charge in [-0.15, -0.1) is 11.3 Å². The van der Waals surface area contributed by atoms with Crippen molar-refractivity contribution in [2.45, 2.75) is 6.92 Å². The first-order valence-electron chi connectivity index (χ1n) is 3.37. The van der Waals surface area contributed by atoms with E-state index in [4.69, 9.17) is 12.2 Å². The number of aromatic amines is 1. The van der Waals surface area contributed by atoms with E-state index < -0.39 is 0 Å². The third-order valence-electron chi connectivity index (χ3n) is 1.49. The third kappa shape index (κ3) is 1.35. The highest BCUT2D eigenvalue weighted by atomic mass is 32.1. The van der Waals surface area contributed by atoms with E-state index in [2.05, 4.69) is 28.6 Å². The Bertz CT molecular complexity index is 437. The number of rotatable bonds is 1. The van der Waals surface area contributed by atoms with Crippen LogP contribution in [0.1, 0.15) is 5.56 Å². The molecular formula is C7H6N2S3. The second kappa shape index (κ2) is 3.08. The lowest BCUT2D eigenvalue weighted by Gasteiger charge is -1.89. The molecule has 0 bridgehead atoms. The van der Waals surface area contributed by atoms with Crippen LogP contribution in [0.4, 0.5) is 0 Å². The molecule has 2 aromatic heterocycles. The van der Waals surface area contributed by atoms with Gasteiger partial charge in [-0.2, -0.15) is 5.10 Å². The Morgan fingerprint density at radius 1 is 1.58 bits per heavy atom. The van der Waals surface area contributed by atoms with Crippen molar-refractivity contribution in [2.75, 3.05) is 0 Å². The molecular weight excluding hydrogens is 208 g/mol. The molecule has 0 saturated carbocycles. The van der Waals surface area contributed by atoms with Crippen molar-refractivity contribution in [1.29, 1.82) is 0 Å². The van der Waals surface area contributed by atoms with Gasteiger partial charge in [0.2, 0.25) is 0 Å². The number of H-pyrrole nitrogens is 1. The van der Waals surface area contributed by atoms with Gasteiger partial charge in [-0.25, -0.2) is 0 Å². The monoisotopic (exact) mass is 214 g/mol. The van der Waals surface area contributed by atoms with E-state index in [1.54, 1.807) is 11.3 Å². The maximum Gasteiger partial charge on any atom is 0.176 e. The van der Waals surface area contributed by atoms with Crippen LogP contribution in [0.3, 0.4) is 0 Å². The zero-order chi connectivity index (χ0) is 8.55. The summed E-state index contributed by atoms with van der Waals surface area (Å²) in [7, 11) is 0. The van der Waals surface area contributed by atoms with Crippen LogP contribution < -0.4 is 0 Å². The summed E-state index contributed by atoms with van der Waals surface area (Å²) in [5, 5.41) is 9.95. The number of nitrogens with zero attached hydrogens (tertiary/aromatic N) is 1. The Labute approximate surface area is 82.9 Å². The molecule has 0 spiro atoms. The van der Waals surface area contributed by atoms with Gasteiger partial charge in [0.15, 0.2) is 8.96 Å². The molecule has 0 aliphatic rings. The molecule has 0 amide bonds. The fraction of sp³-hybridized carbons (Fsp3) is 0.143. The lowest BCUT2D eigenvalue weighted by Crippen LogP contribution is -1.73. The van der Waals surface area contributed by atoms with Gasteiger partial charge in [-0.05, 0) is 36.2 Å².